The summed E-state index contributed by atoms with van der Waals surface area (Å²) in [7, 11) is 0. The van der Waals surface area contributed by atoms with Gasteiger partial charge in [0, 0.05) is 13.1 Å². The van der Waals surface area contributed by atoms with Crippen molar-refractivity contribution in [2.75, 3.05) is 31.2 Å². The van der Waals surface area contributed by atoms with E-state index in [0.717, 1.165) is 30.2 Å². The summed E-state index contributed by atoms with van der Waals surface area (Å²) in [5.74, 6) is 0.381. The highest BCUT2D eigenvalue weighted by atomic mass is 32.2. The van der Waals surface area contributed by atoms with Gasteiger partial charge in [-0.1, -0.05) is 54.2 Å². The molecule has 0 aliphatic carbocycles. The van der Waals surface area contributed by atoms with Crippen molar-refractivity contribution in [2.24, 2.45) is 0 Å². The summed E-state index contributed by atoms with van der Waals surface area (Å²) in [6.45, 7) is 7.17. The molecule has 1 N–H and O–H groups in total. The zero-order chi connectivity index (χ0) is 23.2. The molecule has 0 spiro atoms. The molecule has 2 heterocycles. The van der Waals surface area contributed by atoms with Crippen LogP contribution in [0.2, 0.25) is 0 Å². The first-order valence-electron chi connectivity index (χ1n) is 11.0. The Bertz CT molecular complexity index is 1050. The molecular formula is C24H28FN5O2S. The molecule has 1 aliphatic rings. The van der Waals surface area contributed by atoms with Gasteiger partial charge in [-0.05, 0) is 37.1 Å². The van der Waals surface area contributed by atoms with Crippen LogP contribution < -0.4 is 10.2 Å². The molecule has 1 saturated heterocycles. The van der Waals surface area contributed by atoms with E-state index in [4.69, 9.17) is 4.74 Å². The topological polar surface area (TPSA) is 72.3 Å². The van der Waals surface area contributed by atoms with Crippen molar-refractivity contribution in [1.29, 1.82) is 0 Å². The van der Waals surface area contributed by atoms with E-state index in [1.807, 2.05) is 32.0 Å². The molecule has 0 saturated carbocycles. The average Bonchev–Trinajstić information content (AvgIpc) is 3.22. The number of carbonyl (C=O) groups excluding carboxylic acids is 1. The summed E-state index contributed by atoms with van der Waals surface area (Å²) in [6.07, 6.45) is 0. The van der Waals surface area contributed by atoms with E-state index in [2.05, 4.69) is 37.1 Å². The first-order valence-corrected chi connectivity index (χ1v) is 11.9. The van der Waals surface area contributed by atoms with Gasteiger partial charge >= 0.3 is 0 Å². The van der Waals surface area contributed by atoms with Crippen molar-refractivity contribution in [2.45, 2.75) is 36.8 Å². The lowest BCUT2D eigenvalue weighted by atomic mass is 10.1. The molecule has 7 nitrogen and oxygen atoms in total. The van der Waals surface area contributed by atoms with Gasteiger partial charge in [-0.2, -0.15) is 0 Å². The molecule has 3 aromatic rings. The molecule has 1 amide bonds. The molecule has 2 unspecified atom stereocenters. The molecule has 1 aromatic heterocycles. The van der Waals surface area contributed by atoms with Gasteiger partial charge in [0.05, 0.1) is 31.1 Å². The maximum atomic E-state index is 13.2. The summed E-state index contributed by atoms with van der Waals surface area (Å²) in [5, 5.41) is 12.2. The Balaban J connectivity index is 1.49. The Morgan fingerprint density at radius 2 is 1.79 bits per heavy atom. The van der Waals surface area contributed by atoms with E-state index >= 15 is 0 Å². The molecule has 9 heteroatoms. The number of morpholine rings is 1. The van der Waals surface area contributed by atoms with Crippen LogP contribution in [0.25, 0.3) is 0 Å². The predicted molar refractivity (Wildman–Crippen MR) is 127 cm³/mol. The van der Waals surface area contributed by atoms with Crippen LogP contribution in [0.5, 0.6) is 0 Å². The number of carbonyl (C=O) groups is 1. The van der Waals surface area contributed by atoms with Crippen LogP contribution in [-0.2, 0) is 16.1 Å². The van der Waals surface area contributed by atoms with Gasteiger partial charge < -0.3 is 15.0 Å². The van der Waals surface area contributed by atoms with Gasteiger partial charge in [0.15, 0.2) is 5.16 Å². The third-order valence-electron chi connectivity index (χ3n) is 5.55. The number of hydrogen-bond donors (Lipinski definition) is 1. The maximum Gasteiger partial charge on any atom is 0.233 e. The Morgan fingerprint density at radius 1 is 1.09 bits per heavy atom. The highest BCUT2D eigenvalue weighted by molar-refractivity contribution is 8.00. The largest absolute Gasteiger partial charge is 0.378 e. The van der Waals surface area contributed by atoms with Crippen molar-refractivity contribution < 1.29 is 13.9 Å². The van der Waals surface area contributed by atoms with Crippen molar-refractivity contribution in [1.82, 2.24) is 20.1 Å². The molecule has 4 rings (SSSR count). The number of hydrogen-bond acceptors (Lipinski definition) is 6. The second-order valence-electron chi connectivity index (χ2n) is 8.00. The maximum absolute atomic E-state index is 13.2. The zero-order valence-corrected chi connectivity index (χ0v) is 19.6. The smallest absolute Gasteiger partial charge is 0.233 e. The van der Waals surface area contributed by atoms with Crippen LogP contribution in [0.15, 0.2) is 59.8 Å². The molecule has 0 bridgehead atoms. The highest BCUT2D eigenvalue weighted by Gasteiger charge is 2.25. The van der Waals surface area contributed by atoms with Crippen molar-refractivity contribution in [3.8, 4) is 0 Å². The number of aromatic nitrogens is 3. The Labute approximate surface area is 197 Å². The number of anilines is 1. The molecule has 2 atom stereocenters. The van der Waals surface area contributed by atoms with Gasteiger partial charge in [0.2, 0.25) is 11.9 Å². The molecule has 33 heavy (non-hydrogen) atoms. The number of ether oxygens (including phenoxy) is 1. The van der Waals surface area contributed by atoms with Crippen LogP contribution >= 0.6 is 11.8 Å². The number of amides is 1. The Kier molecular flexibility index (Phi) is 7.61. The lowest BCUT2D eigenvalue weighted by molar-refractivity contribution is -0.120. The summed E-state index contributed by atoms with van der Waals surface area (Å²) in [6, 6.07) is 16.1. The van der Waals surface area contributed by atoms with Gasteiger partial charge in [-0.3, -0.25) is 9.36 Å². The van der Waals surface area contributed by atoms with Gasteiger partial charge in [0.1, 0.15) is 5.82 Å². The molecule has 2 aromatic carbocycles. The standard InChI is InChI=1S/C24H28FN5O2S/c1-17(20-8-10-21(25)11-9-20)26-22(31)18(2)33-24-28-27-23(29-12-14-32-15-13-29)30(24)16-19-6-4-3-5-7-19/h3-11,17-18H,12-16H2,1-2H3,(H,26,31). The number of thioether (sulfide) groups is 1. The second kappa shape index (κ2) is 10.8. The minimum atomic E-state index is -0.385. The lowest BCUT2D eigenvalue weighted by Gasteiger charge is -2.28. The van der Waals surface area contributed by atoms with E-state index in [9.17, 15) is 9.18 Å². The van der Waals surface area contributed by atoms with E-state index in [1.165, 1.54) is 23.9 Å². The summed E-state index contributed by atoms with van der Waals surface area (Å²) in [4.78, 5) is 15.1. The predicted octanol–water partition coefficient (Wildman–Crippen LogP) is 3.66. The SMILES string of the molecule is CC(Sc1nnc(N2CCOCC2)n1Cc1ccccc1)C(=O)NC(C)c1ccc(F)cc1. The fraction of sp³-hybridized carbons (Fsp3) is 0.375. The number of rotatable bonds is 8. The van der Waals surface area contributed by atoms with Crippen molar-refractivity contribution in [3.63, 3.8) is 0 Å². The van der Waals surface area contributed by atoms with Crippen LogP contribution in [0.3, 0.4) is 0 Å². The minimum absolute atomic E-state index is 0.112. The number of halogens is 1. The van der Waals surface area contributed by atoms with Gasteiger partial charge in [-0.15, -0.1) is 10.2 Å². The van der Waals surface area contributed by atoms with E-state index in [1.54, 1.807) is 12.1 Å². The Hall–Kier alpha value is -2.91. The first kappa shape index (κ1) is 23.3. The second-order valence-corrected chi connectivity index (χ2v) is 9.30. The third kappa shape index (κ3) is 5.91. The van der Waals surface area contributed by atoms with E-state index in [-0.39, 0.29) is 23.0 Å². The number of nitrogens with zero attached hydrogens (tertiary/aromatic N) is 4. The van der Waals surface area contributed by atoms with Crippen LogP contribution in [-0.4, -0.2) is 52.2 Å². The molecule has 1 fully saturated rings. The van der Waals surface area contributed by atoms with E-state index < -0.39 is 0 Å². The van der Waals surface area contributed by atoms with Crippen molar-refractivity contribution in [3.05, 3.63) is 71.5 Å². The van der Waals surface area contributed by atoms with Crippen LogP contribution in [0, 0.1) is 5.82 Å². The molecule has 1 aliphatic heterocycles. The molecule has 174 valence electrons. The summed E-state index contributed by atoms with van der Waals surface area (Å²) < 4.78 is 20.7. The molecule has 0 radical (unpaired) electrons. The Morgan fingerprint density at radius 3 is 2.48 bits per heavy atom. The minimum Gasteiger partial charge on any atom is -0.378 e. The quantitative estimate of drug-likeness (QED) is 0.508. The summed E-state index contributed by atoms with van der Waals surface area (Å²) in [5.41, 5.74) is 1.99. The number of benzene rings is 2. The van der Waals surface area contributed by atoms with Gasteiger partial charge in [-0.25, -0.2) is 4.39 Å². The van der Waals surface area contributed by atoms with Gasteiger partial charge in [0.25, 0.3) is 0 Å². The van der Waals surface area contributed by atoms with Crippen LogP contribution in [0.1, 0.15) is 31.0 Å². The fourth-order valence-electron chi connectivity index (χ4n) is 3.65. The fourth-order valence-corrected chi connectivity index (χ4v) is 4.50. The van der Waals surface area contributed by atoms with Crippen LogP contribution in [0.4, 0.5) is 10.3 Å². The average molecular weight is 470 g/mol. The van der Waals surface area contributed by atoms with Crippen molar-refractivity contribution >= 4 is 23.6 Å². The van der Waals surface area contributed by atoms with E-state index in [0.29, 0.717) is 24.9 Å². The normalized spacial score (nSPS) is 15.8. The highest BCUT2D eigenvalue weighted by Crippen LogP contribution is 2.28. The first-order chi connectivity index (χ1) is 16.0. The summed E-state index contributed by atoms with van der Waals surface area (Å²) >= 11 is 1.38. The number of nitrogens with one attached hydrogen (secondary N) is 1. The monoisotopic (exact) mass is 469 g/mol. The lowest BCUT2D eigenvalue weighted by Crippen LogP contribution is -2.38. The molecular weight excluding hydrogens is 441 g/mol. The third-order valence-corrected chi connectivity index (χ3v) is 6.64. The zero-order valence-electron chi connectivity index (χ0n) is 18.8.